The van der Waals surface area contributed by atoms with E-state index in [9.17, 15) is 19.8 Å². The molecule has 1 aliphatic heterocycles. The fourth-order valence-corrected chi connectivity index (χ4v) is 4.64. The summed E-state index contributed by atoms with van der Waals surface area (Å²) in [5.41, 5.74) is 1.11. The molecule has 1 aliphatic rings. The van der Waals surface area contributed by atoms with Gasteiger partial charge in [0.05, 0.1) is 18.7 Å². The van der Waals surface area contributed by atoms with Crippen molar-refractivity contribution >= 4 is 17.4 Å². The van der Waals surface area contributed by atoms with Gasteiger partial charge < -0.3 is 24.7 Å². The lowest BCUT2D eigenvalue weighted by atomic mass is 9.95. The average molecular weight is 495 g/mol. The monoisotopic (exact) mass is 494 g/mol. The lowest BCUT2D eigenvalue weighted by Crippen LogP contribution is -2.34. The van der Waals surface area contributed by atoms with Crippen LogP contribution in [-0.4, -0.2) is 65.0 Å². The Morgan fingerprint density at radius 1 is 0.972 bits per heavy atom. The summed E-state index contributed by atoms with van der Waals surface area (Å²) in [6, 6.07) is 12.7. The molecule has 0 saturated carbocycles. The number of phenolic OH excluding ortho intramolecular Hbond substituents is 1. The number of ether oxygens (including phenoxy) is 1. The molecule has 194 valence electrons. The van der Waals surface area contributed by atoms with Crippen LogP contribution >= 0.6 is 0 Å². The van der Waals surface area contributed by atoms with E-state index in [2.05, 4.69) is 18.7 Å². The molecule has 0 aliphatic carbocycles. The average Bonchev–Trinajstić information content (AvgIpc) is 3.15. The molecule has 2 N–H and O–H groups in total. The minimum atomic E-state index is -0.778. The molecule has 0 spiro atoms. The van der Waals surface area contributed by atoms with Crippen LogP contribution in [0, 0.1) is 0 Å². The van der Waals surface area contributed by atoms with Crippen molar-refractivity contribution in [3.8, 4) is 11.5 Å². The van der Waals surface area contributed by atoms with E-state index in [4.69, 9.17) is 4.74 Å². The van der Waals surface area contributed by atoms with Crippen LogP contribution in [0.1, 0.15) is 63.1 Å². The summed E-state index contributed by atoms with van der Waals surface area (Å²) >= 11 is 0. The Labute approximate surface area is 214 Å². The van der Waals surface area contributed by atoms with E-state index in [1.54, 1.807) is 41.3 Å². The molecule has 3 rings (SSSR count). The summed E-state index contributed by atoms with van der Waals surface area (Å²) in [6.45, 7) is 7.59. The van der Waals surface area contributed by atoms with Crippen LogP contribution in [0.5, 0.6) is 11.5 Å². The number of methoxy groups -OCH3 is 1. The number of Topliss-reactive ketones (excluding diaryl/α,β-unsaturated/α-hetero) is 1. The number of phenols is 1. The van der Waals surface area contributed by atoms with Crippen LogP contribution in [0.15, 0.2) is 54.1 Å². The van der Waals surface area contributed by atoms with Crippen molar-refractivity contribution in [2.45, 2.75) is 52.0 Å². The maximum atomic E-state index is 13.2. The number of ketones is 1. The first-order valence-electron chi connectivity index (χ1n) is 12.9. The largest absolute Gasteiger partial charge is 0.507 e. The Hall–Kier alpha value is -3.32. The number of carbonyl (C=O) groups is 2. The number of unbranched alkanes of at least 4 members (excludes halogenated alkanes) is 2. The Morgan fingerprint density at radius 2 is 1.61 bits per heavy atom. The lowest BCUT2D eigenvalue weighted by Gasteiger charge is -2.27. The van der Waals surface area contributed by atoms with Gasteiger partial charge in [0.2, 0.25) is 0 Å². The second-order valence-electron chi connectivity index (χ2n) is 9.19. The molecule has 1 heterocycles. The van der Waals surface area contributed by atoms with Crippen LogP contribution in [0.3, 0.4) is 0 Å². The van der Waals surface area contributed by atoms with Gasteiger partial charge in [0.15, 0.2) is 11.5 Å². The van der Waals surface area contributed by atoms with Crippen molar-refractivity contribution in [3.63, 3.8) is 0 Å². The minimum absolute atomic E-state index is 0.0382. The fourth-order valence-electron chi connectivity index (χ4n) is 4.64. The Bertz CT molecular complexity index is 1060. The summed E-state index contributed by atoms with van der Waals surface area (Å²) in [7, 11) is 1.45. The molecule has 7 nitrogen and oxygen atoms in total. The van der Waals surface area contributed by atoms with Crippen molar-refractivity contribution in [1.82, 2.24) is 9.80 Å². The van der Waals surface area contributed by atoms with E-state index in [1.165, 1.54) is 13.2 Å². The van der Waals surface area contributed by atoms with Crippen molar-refractivity contribution in [2.75, 3.05) is 33.3 Å². The summed E-state index contributed by atoms with van der Waals surface area (Å²) in [4.78, 5) is 30.4. The topological polar surface area (TPSA) is 90.3 Å². The highest BCUT2D eigenvalue weighted by atomic mass is 16.5. The lowest BCUT2D eigenvalue weighted by molar-refractivity contribution is -0.140. The third-order valence-corrected chi connectivity index (χ3v) is 6.64. The number of aliphatic hydroxyl groups is 1. The zero-order valence-corrected chi connectivity index (χ0v) is 21.6. The van der Waals surface area contributed by atoms with E-state index in [0.29, 0.717) is 24.1 Å². The molecule has 1 fully saturated rings. The maximum Gasteiger partial charge on any atom is 0.295 e. The molecule has 1 saturated heterocycles. The fraction of sp³-hybridized carbons (Fsp3) is 0.448. The highest BCUT2D eigenvalue weighted by Crippen LogP contribution is 2.41. The number of hydrogen-bond donors (Lipinski definition) is 2. The number of carbonyl (C=O) groups excluding carboxylic acids is 2. The van der Waals surface area contributed by atoms with Gasteiger partial charge in [0.1, 0.15) is 5.76 Å². The maximum absolute atomic E-state index is 13.2. The second kappa shape index (κ2) is 13.1. The molecule has 0 bridgehead atoms. The van der Waals surface area contributed by atoms with E-state index < -0.39 is 17.7 Å². The van der Waals surface area contributed by atoms with Gasteiger partial charge in [0, 0.05) is 12.1 Å². The Kier molecular flexibility index (Phi) is 9.94. The normalized spacial score (nSPS) is 17.2. The molecule has 0 radical (unpaired) electrons. The van der Waals surface area contributed by atoms with Crippen LogP contribution < -0.4 is 4.74 Å². The third-order valence-electron chi connectivity index (χ3n) is 6.64. The van der Waals surface area contributed by atoms with Gasteiger partial charge in [-0.15, -0.1) is 0 Å². The van der Waals surface area contributed by atoms with E-state index >= 15 is 0 Å². The first-order valence-corrected chi connectivity index (χ1v) is 12.9. The molecule has 0 aromatic heterocycles. The number of rotatable bonds is 13. The predicted molar refractivity (Wildman–Crippen MR) is 141 cm³/mol. The Balaban J connectivity index is 1.95. The summed E-state index contributed by atoms with van der Waals surface area (Å²) in [6.07, 6.45) is 5.20. The van der Waals surface area contributed by atoms with Gasteiger partial charge in [-0.3, -0.25) is 9.59 Å². The molecule has 2 aromatic rings. The van der Waals surface area contributed by atoms with Gasteiger partial charge in [-0.25, -0.2) is 0 Å². The number of hydrogen-bond acceptors (Lipinski definition) is 6. The molecule has 1 unspecified atom stereocenters. The number of likely N-dealkylation sites (tertiary alicyclic amines) is 1. The highest BCUT2D eigenvalue weighted by molar-refractivity contribution is 6.46. The van der Waals surface area contributed by atoms with Gasteiger partial charge >= 0.3 is 0 Å². The SMILES string of the molecule is CCCCN(CCCC)CCCN1C(=O)C(=O)C(=C(O)c2ccccc2)C1c1ccc(O)c(OC)c1. The molecule has 2 aromatic carbocycles. The number of aromatic hydroxyl groups is 1. The third kappa shape index (κ3) is 6.26. The first-order chi connectivity index (χ1) is 17.4. The van der Waals surface area contributed by atoms with Crippen LogP contribution in [0.4, 0.5) is 0 Å². The highest BCUT2D eigenvalue weighted by Gasteiger charge is 2.46. The molecular weight excluding hydrogens is 456 g/mol. The minimum Gasteiger partial charge on any atom is -0.507 e. The number of benzene rings is 2. The predicted octanol–water partition coefficient (Wildman–Crippen LogP) is 5.11. The Morgan fingerprint density at radius 3 is 2.22 bits per heavy atom. The number of amides is 1. The van der Waals surface area contributed by atoms with Crippen LogP contribution in [0.25, 0.3) is 5.76 Å². The summed E-state index contributed by atoms with van der Waals surface area (Å²) in [5, 5.41) is 21.2. The number of aliphatic hydroxyl groups excluding tert-OH is 1. The van der Waals surface area contributed by atoms with E-state index in [-0.39, 0.29) is 22.8 Å². The molecule has 36 heavy (non-hydrogen) atoms. The molecule has 1 atom stereocenters. The second-order valence-corrected chi connectivity index (χ2v) is 9.19. The first kappa shape index (κ1) is 27.3. The van der Waals surface area contributed by atoms with Crippen molar-refractivity contribution in [3.05, 3.63) is 65.2 Å². The molecule has 7 heteroatoms. The van der Waals surface area contributed by atoms with Gasteiger partial charge in [-0.05, 0) is 56.6 Å². The van der Waals surface area contributed by atoms with Crippen LogP contribution in [0.2, 0.25) is 0 Å². The van der Waals surface area contributed by atoms with Gasteiger partial charge in [-0.1, -0.05) is 63.1 Å². The van der Waals surface area contributed by atoms with Crippen molar-refractivity contribution < 1.29 is 24.5 Å². The van der Waals surface area contributed by atoms with E-state index in [0.717, 1.165) is 45.3 Å². The van der Waals surface area contributed by atoms with Gasteiger partial charge in [-0.2, -0.15) is 0 Å². The molecule has 1 amide bonds. The number of nitrogens with zero attached hydrogens (tertiary/aromatic N) is 2. The molecular formula is C29H38N2O5. The quantitative estimate of drug-likeness (QED) is 0.228. The smallest absolute Gasteiger partial charge is 0.295 e. The summed E-state index contributed by atoms with van der Waals surface area (Å²) < 4.78 is 5.28. The zero-order valence-electron chi connectivity index (χ0n) is 21.6. The standard InChI is InChI=1S/C29H38N2O5/c1-4-6-16-30(17-7-5-2)18-11-19-31-26(22-14-15-23(32)24(20-22)36-3)25(28(34)29(31)35)27(33)21-12-9-8-10-13-21/h8-10,12-15,20,26,32-33H,4-7,11,16-19H2,1-3H3. The summed E-state index contributed by atoms with van der Waals surface area (Å²) in [5.74, 6) is -1.34. The van der Waals surface area contributed by atoms with Crippen molar-refractivity contribution in [2.24, 2.45) is 0 Å². The van der Waals surface area contributed by atoms with Crippen LogP contribution in [-0.2, 0) is 9.59 Å². The van der Waals surface area contributed by atoms with Gasteiger partial charge in [0.25, 0.3) is 11.7 Å². The van der Waals surface area contributed by atoms with Crippen molar-refractivity contribution in [1.29, 1.82) is 0 Å². The zero-order chi connectivity index (χ0) is 26.1. The van der Waals surface area contributed by atoms with E-state index in [1.807, 2.05) is 6.07 Å².